The van der Waals surface area contributed by atoms with Gasteiger partial charge in [0.15, 0.2) is 0 Å². The lowest BCUT2D eigenvalue weighted by molar-refractivity contribution is -0.870. The van der Waals surface area contributed by atoms with Gasteiger partial charge >= 0.3 is 5.97 Å². The van der Waals surface area contributed by atoms with Crippen molar-refractivity contribution in [2.75, 3.05) is 40.9 Å². The lowest BCUT2D eigenvalue weighted by Gasteiger charge is -2.30. The van der Waals surface area contributed by atoms with Crippen LogP contribution in [0.15, 0.2) is 122 Å². The number of nitrogens with one attached hydrogen (secondary N) is 1. The summed E-state index contributed by atoms with van der Waals surface area (Å²) < 4.78 is 30.4. The minimum atomic E-state index is -4.72. The van der Waals surface area contributed by atoms with E-state index in [2.05, 4.69) is 135 Å². The summed E-state index contributed by atoms with van der Waals surface area (Å²) in [7, 11) is 1.17. The van der Waals surface area contributed by atoms with Gasteiger partial charge in [-0.25, -0.2) is 0 Å². The minimum absolute atomic E-state index is 0.0303. The lowest BCUT2D eigenvalue weighted by Crippen LogP contribution is -2.47. The summed E-state index contributed by atoms with van der Waals surface area (Å²) in [6.07, 6.45) is 91.7. The second-order valence-electron chi connectivity index (χ2n) is 25.0. The maximum absolute atomic E-state index is 13.6. The summed E-state index contributed by atoms with van der Waals surface area (Å²) in [5, 5.41) is 3.04. The van der Waals surface area contributed by atoms with Crippen LogP contribution >= 0.6 is 7.82 Å². The topological polar surface area (TPSA) is 114 Å². The first-order chi connectivity index (χ1) is 42.4. The second-order valence-corrected chi connectivity index (χ2v) is 26.4. The predicted octanol–water partition coefficient (Wildman–Crippen LogP) is 22.4. The average Bonchev–Trinajstić information content (AvgIpc) is 3.70. The Morgan fingerprint density at radius 2 is 0.736 bits per heavy atom. The van der Waals surface area contributed by atoms with Gasteiger partial charge < -0.3 is 28.5 Å². The standard InChI is InChI=1S/C77H135N2O7P/c1-7-10-13-16-19-22-25-27-29-31-33-35-37-39-41-43-45-47-49-51-54-57-60-63-66-69-76(80)78-74(73-85-87(82,83)84-72-71-79(4,5)6)75(68-65-62-59-56-53-24-21-18-15-12-9-3)86-77(81)70-67-64-61-58-55-52-50-48-46-44-42-40-38-36-34-32-30-28-26-23-20-17-14-11-8-2/h10,13,19-20,22-23,27-30,33-36,39-42,65,68,74-75H,7-9,11-12,14-18,21,24-26,31-32,37-38,43-64,66-67,69-73H2,1-6H3,(H-,78,80,82,83)/b13-10-,22-19-,23-20-,29-27-,30-28-,35-33-,36-34-,41-39-,42-40-,68-65+. The molecule has 1 amide bonds. The zero-order chi connectivity index (χ0) is 63.5. The third-order valence-corrected chi connectivity index (χ3v) is 16.3. The van der Waals surface area contributed by atoms with Gasteiger partial charge in [-0.05, 0) is 122 Å². The van der Waals surface area contributed by atoms with Gasteiger partial charge in [-0.15, -0.1) is 0 Å². The van der Waals surface area contributed by atoms with Gasteiger partial charge in [0.05, 0.1) is 33.8 Å². The molecule has 0 rings (SSSR count). The van der Waals surface area contributed by atoms with E-state index in [9.17, 15) is 19.0 Å². The molecule has 0 saturated carbocycles. The highest BCUT2D eigenvalue weighted by Gasteiger charge is 2.27. The van der Waals surface area contributed by atoms with E-state index in [1.54, 1.807) is 0 Å². The minimum Gasteiger partial charge on any atom is -0.756 e. The quantitative estimate of drug-likeness (QED) is 0.0212. The number of carbonyl (C=O) groups excluding carboxylic acids is 2. The first kappa shape index (κ1) is 83.4. The normalized spacial score (nSPS) is 14.2. The molecule has 10 heteroatoms. The molecule has 0 bridgehead atoms. The highest BCUT2D eigenvalue weighted by molar-refractivity contribution is 7.45. The average molecular weight is 1230 g/mol. The number of carbonyl (C=O) groups is 2. The van der Waals surface area contributed by atoms with Crippen molar-refractivity contribution < 1.29 is 37.3 Å². The van der Waals surface area contributed by atoms with Crippen LogP contribution in [0.3, 0.4) is 0 Å². The Morgan fingerprint density at radius 1 is 0.414 bits per heavy atom. The first-order valence-electron chi connectivity index (χ1n) is 35.8. The SMILES string of the molecule is CC/C=C\C/C=C\C/C=C\C/C=C\C/C=C\CCCCCCCCCCCC(=O)NC(COP(=O)([O-])OCC[N+](C)(C)C)C(/C=C/CCCCCCCCCCC)OC(=O)CCCCCCCCCCC/C=C\C/C=C\C/C=C\C/C=C\CCCCC. The molecule has 0 spiro atoms. The number of phosphoric acid groups is 1. The maximum atomic E-state index is 13.6. The van der Waals surface area contributed by atoms with E-state index >= 15 is 0 Å². The molecule has 3 unspecified atom stereocenters. The zero-order valence-corrected chi connectivity index (χ0v) is 58.1. The van der Waals surface area contributed by atoms with Crippen LogP contribution in [-0.4, -0.2) is 69.4 Å². The summed E-state index contributed by atoms with van der Waals surface area (Å²) in [5.41, 5.74) is 0. The number of rotatable bonds is 64. The number of hydrogen-bond acceptors (Lipinski definition) is 7. The number of nitrogens with zero attached hydrogens (tertiary/aromatic N) is 1. The summed E-state index contributed by atoms with van der Waals surface area (Å²) in [4.78, 5) is 40.2. The summed E-state index contributed by atoms with van der Waals surface area (Å²) in [6, 6.07) is -0.903. The summed E-state index contributed by atoms with van der Waals surface area (Å²) >= 11 is 0. The van der Waals surface area contributed by atoms with Gasteiger partial charge in [0, 0.05) is 12.8 Å². The largest absolute Gasteiger partial charge is 0.756 e. The van der Waals surface area contributed by atoms with Crippen molar-refractivity contribution in [2.45, 2.75) is 315 Å². The number of hydrogen-bond donors (Lipinski definition) is 1. The zero-order valence-electron chi connectivity index (χ0n) is 57.2. The summed E-state index contributed by atoms with van der Waals surface area (Å²) in [5.74, 6) is -0.557. The van der Waals surface area contributed by atoms with Crippen LogP contribution in [0.4, 0.5) is 0 Å². The number of phosphoric ester groups is 1. The van der Waals surface area contributed by atoms with Gasteiger partial charge in [0.25, 0.3) is 7.82 Å². The fraction of sp³-hybridized carbons (Fsp3) is 0.714. The Labute approximate surface area is 537 Å². The molecule has 500 valence electrons. The molecule has 87 heavy (non-hydrogen) atoms. The number of unbranched alkanes of at least 4 members (excludes halogenated alkanes) is 30. The molecule has 9 nitrogen and oxygen atoms in total. The van der Waals surface area contributed by atoms with Crippen molar-refractivity contribution in [1.29, 1.82) is 0 Å². The van der Waals surface area contributed by atoms with Gasteiger partial charge in [0.1, 0.15) is 19.3 Å². The molecular weight excluding hydrogens is 1100 g/mol. The molecule has 3 atom stereocenters. The molecule has 0 saturated heterocycles. The van der Waals surface area contributed by atoms with Crippen LogP contribution in [0.2, 0.25) is 0 Å². The van der Waals surface area contributed by atoms with E-state index in [1.807, 2.05) is 33.3 Å². The fourth-order valence-corrected chi connectivity index (χ4v) is 10.6. The van der Waals surface area contributed by atoms with E-state index in [-0.39, 0.29) is 24.9 Å². The molecule has 0 heterocycles. The Balaban J connectivity index is 5.06. The van der Waals surface area contributed by atoms with Crippen LogP contribution in [0.1, 0.15) is 303 Å². The van der Waals surface area contributed by atoms with E-state index < -0.39 is 26.6 Å². The van der Waals surface area contributed by atoms with Crippen LogP contribution in [0.25, 0.3) is 0 Å². The maximum Gasteiger partial charge on any atom is 0.306 e. The van der Waals surface area contributed by atoms with Gasteiger partial charge in [-0.1, -0.05) is 290 Å². The van der Waals surface area contributed by atoms with E-state index in [0.29, 0.717) is 17.4 Å². The number of amides is 1. The van der Waals surface area contributed by atoms with Crippen molar-refractivity contribution >= 4 is 19.7 Å². The van der Waals surface area contributed by atoms with Crippen molar-refractivity contribution in [1.82, 2.24) is 5.32 Å². The number of esters is 1. The smallest absolute Gasteiger partial charge is 0.306 e. The number of allylic oxidation sites excluding steroid dienone is 19. The fourth-order valence-electron chi connectivity index (χ4n) is 9.89. The van der Waals surface area contributed by atoms with E-state index in [0.717, 1.165) is 135 Å². The Kier molecular flexibility index (Phi) is 62.7. The highest BCUT2D eigenvalue weighted by Crippen LogP contribution is 2.38. The van der Waals surface area contributed by atoms with E-state index in [4.69, 9.17) is 13.8 Å². The second kappa shape index (κ2) is 65.4. The van der Waals surface area contributed by atoms with Crippen molar-refractivity contribution in [3.05, 3.63) is 122 Å². The highest BCUT2D eigenvalue weighted by atomic mass is 31.2. The van der Waals surface area contributed by atoms with E-state index in [1.165, 1.54) is 135 Å². The monoisotopic (exact) mass is 1230 g/mol. The van der Waals surface area contributed by atoms with Gasteiger partial charge in [-0.3, -0.25) is 14.2 Å². The molecule has 0 aliphatic rings. The van der Waals surface area contributed by atoms with Gasteiger partial charge in [-0.2, -0.15) is 0 Å². The van der Waals surface area contributed by atoms with Crippen LogP contribution < -0.4 is 10.2 Å². The Hall–Kier alpha value is -3.59. The van der Waals surface area contributed by atoms with Gasteiger partial charge in [0.2, 0.25) is 5.91 Å². The molecule has 0 aromatic heterocycles. The van der Waals surface area contributed by atoms with Crippen LogP contribution in [-0.2, 0) is 27.9 Å². The third kappa shape index (κ3) is 66.7. The summed E-state index contributed by atoms with van der Waals surface area (Å²) in [6.45, 7) is 6.70. The molecule has 0 aliphatic carbocycles. The molecular formula is C77H135N2O7P. The van der Waals surface area contributed by atoms with Crippen LogP contribution in [0, 0.1) is 0 Å². The Morgan fingerprint density at radius 3 is 1.13 bits per heavy atom. The molecule has 1 N–H and O–H groups in total. The lowest BCUT2D eigenvalue weighted by atomic mass is 10.0. The molecule has 0 aliphatic heterocycles. The first-order valence-corrected chi connectivity index (χ1v) is 37.3. The molecule has 0 aromatic rings. The molecule has 0 fully saturated rings. The Bertz CT molecular complexity index is 1900. The van der Waals surface area contributed by atoms with Crippen LogP contribution in [0.5, 0.6) is 0 Å². The number of quaternary nitrogens is 1. The number of ether oxygens (including phenoxy) is 1. The molecule has 0 radical (unpaired) electrons. The third-order valence-electron chi connectivity index (χ3n) is 15.4. The number of likely N-dealkylation sites (N-methyl/N-ethyl adjacent to an activating group) is 1. The van der Waals surface area contributed by atoms with Crippen molar-refractivity contribution in [3.63, 3.8) is 0 Å². The van der Waals surface area contributed by atoms with Crippen molar-refractivity contribution in [3.8, 4) is 0 Å². The molecule has 0 aromatic carbocycles. The predicted molar refractivity (Wildman–Crippen MR) is 376 cm³/mol. The van der Waals surface area contributed by atoms with Crippen molar-refractivity contribution in [2.24, 2.45) is 0 Å².